The van der Waals surface area contributed by atoms with Crippen LogP contribution < -0.4 is 10.2 Å². The third-order valence-electron chi connectivity index (χ3n) is 6.98. The second-order valence-electron chi connectivity index (χ2n) is 9.70. The quantitative estimate of drug-likeness (QED) is 0.629. The van der Waals surface area contributed by atoms with E-state index in [4.69, 9.17) is 0 Å². The van der Waals surface area contributed by atoms with E-state index in [0.717, 1.165) is 72.4 Å². The molecule has 0 aromatic carbocycles. The molecule has 1 N–H and O–H groups in total. The molecule has 0 bridgehead atoms. The van der Waals surface area contributed by atoms with E-state index in [0.29, 0.717) is 18.4 Å². The Bertz CT molecular complexity index is 977. The number of rotatable bonds is 7. The fraction of sp³-hybridized carbons (Fsp3) is 0.696. The number of anilines is 1. The normalized spacial score (nSPS) is 24.9. The standard InChI is InChI=1S/C23H31F2N5OS2/c1-15-26-11-18(32-15)10-21(31)27-17-4-2-16(3-5-17)6-8-29-9-7-20-19(12-29)28-22(33-20)30-13-23(24,25)14-30/h11,16-17H,2-10,12-14H2,1H3,(H,27,31). The summed E-state index contributed by atoms with van der Waals surface area (Å²) in [4.78, 5) is 27.7. The van der Waals surface area contributed by atoms with E-state index in [1.54, 1.807) is 33.8 Å². The van der Waals surface area contributed by atoms with Gasteiger partial charge in [0.1, 0.15) is 0 Å². The molecular weight excluding hydrogens is 464 g/mol. The molecule has 10 heteroatoms. The number of aromatic nitrogens is 2. The van der Waals surface area contributed by atoms with E-state index in [-0.39, 0.29) is 19.0 Å². The summed E-state index contributed by atoms with van der Waals surface area (Å²) in [6.07, 6.45) is 8.80. The highest BCUT2D eigenvalue weighted by molar-refractivity contribution is 7.15. The Labute approximate surface area is 201 Å². The third kappa shape index (κ3) is 5.71. The maximum Gasteiger partial charge on any atom is 0.282 e. The maximum absolute atomic E-state index is 13.2. The SMILES string of the molecule is Cc1ncc(CC(=O)NC2CCC(CCN3CCc4sc(N5CC(F)(F)C5)nc4C3)CC2)s1. The summed E-state index contributed by atoms with van der Waals surface area (Å²) in [5, 5.41) is 4.97. The number of hydrogen-bond donors (Lipinski definition) is 1. The molecule has 180 valence electrons. The molecule has 0 unspecified atom stereocenters. The van der Waals surface area contributed by atoms with Crippen LogP contribution in [0.3, 0.4) is 0 Å². The van der Waals surface area contributed by atoms with Gasteiger partial charge in [0.15, 0.2) is 5.13 Å². The third-order valence-corrected chi connectivity index (χ3v) is 9.11. The molecule has 1 saturated carbocycles. The first-order chi connectivity index (χ1) is 15.8. The van der Waals surface area contributed by atoms with Gasteiger partial charge in [-0.05, 0) is 57.9 Å². The number of alkyl halides is 2. The average Bonchev–Trinajstić information content (AvgIpc) is 3.36. The summed E-state index contributed by atoms with van der Waals surface area (Å²) in [6, 6.07) is 0.294. The number of fused-ring (bicyclic) bond motifs is 1. The zero-order valence-corrected chi connectivity index (χ0v) is 20.6. The lowest BCUT2D eigenvalue weighted by Gasteiger charge is -2.38. The van der Waals surface area contributed by atoms with Crippen LogP contribution >= 0.6 is 22.7 Å². The van der Waals surface area contributed by atoms with Crippen LogP contribution in [0.25, 0.3) is 0 Å². The Balaban J connectivity index is 1.02. The summed E-state index contributed by atoms with van der Waals surface area (Å²) >= 11 is 3.18. The Hall–Kier alpha value is -1.65. The lowest BCUT2D eigenvalue weighted by Crippen LogP contribution is -2.56. The molecule has 33 heavy (non-hydrogen) atoms. The predicted octanol–water partition coefficient (Wildman–Crippen LogP) is 4.03. The van der Waals surface area contributed by atoms with Gasteiger partial charge in [-0.3, -0.25) is 9.69 Å². The van der Waals surface area contributed by atoms with Gasteiger partial charge in [0.05, 0.1) is 30.2 Å². The minimum absolute atomic E-state index is 0.107. The first kappa shape index (κ1) is 23.1. The number of nitrogens with one attached hydrogen (secondary N) is 1. The second-order valence-corrected chi connectivity index (χ2v) is 12.1. The summed E-state index contributed by atoms with van der Waals surface area (Å²) in [7, 11) is 0. The molecule has 1 saturated heterocycles. The molecule has 1 amide bonds. The van der Waals surface area contributed by atoms with Gasteiger partial charge in [0.25, 0.3) is 5.92 Å². The second kappa shape index (κ2) is 9.54. The number of halogens is 2. The van der Waals surface area contributed by atoms with Crippen molar-refractivity contribution in [1.29, 1.82) is 0 Å². The molecule has 0 spiro atoms. The van der Waals surface area contributed by atoms with Crippen molar-refractivity contribution < 1.29 is 13.6 Å². The molecule has 5 rings (SSSR count). The van der Waals surface area contributed by atoms with Crippen molar-refractivity contribution in [3.63, 3.8) is 0 Å². The number of carbonyl (C=O) groups is 1. The van der Waals surface area contributed by atoms with Crippen LogP contribution in [0.1, 0.15) is 52.6 Å². The molecule has 0 atom stereocenters. The maximum atomic E-state index is 13.2. The zero-order valence-electron chi connectivity index (χ0n) is 19.0. The Morgan fingerprint density at radius 2 is 2.03 bits per heavy atom. The van der Waals surface area contributed by atoms with Crippen LogP contribution in [0.15, 0.2) is 6.20 Å². The van der Waals surface area contributed by atoms with Gasteiger partial charge in [-0.1, -0.05) is 0 Å². The number of nitrogens with zero attached hydrogens (tertiary/aromatic N) is 4. The minimum atomic E-state index is -2.55. The summed E-state index contributed by atoms with van der Waals surface area (Å²) < 4.78 is 26.4. The summed E-state index contributed by atoms with van der Waals surface area (Å²) in [5.41, 5.74) is 1.08. The Kier molecular flexibility index (Phi) is 6.68. The average molecular weight is 496 g/mol. The van der Waals surface area contributed by atoms with Crippen LogP contribution in [0.5, 0.6) is 0 Å². The molecule has 6 nitrogen and oxygen atoms in total. The van der Waals surface area contributed by atoms with Crippen LogP contribution in [0.4, 0.5) is 13.9 Å². The van der Waals surface area contributed by atoms with Crippen LogP contribution in [0.2, 0.25) is 0 Å². The number of aryl methyl sites for hydroxylation is 1. The molecule has 4 heterocycles. The largest absolute Gasteiger partial charge is 0.353 e. The van der Waals surface area contributed by atoms with Gasteiger partial charge in [-0.25, -0.2) is 18.7 Å². The fourth-order valence-electron chi connectivity index (χ4n) is 5.10. The van der Waals surface area contributed by atoms with Gasteiger partial charge < -0.3 is 10.2 Å². The molecule has 2 aromatic rings. The number of thiazole rings is 2. The van der Waals surface area contributed by atoms with Crippen molar-refractivity contribution in [3.05, 3.63) is 26.7 Å². The van der Waals surface area contributed by atoms with E-state index >= 15 is 0 Å². The van der Waals surface area contributed by atoms with E-state index in [1.807, 2.05) is 6.92 Å². The van der Waals surface area contributed by atoms with Gasteiger partial charge in [0, 0.05) is 35.1 Å². The molecule has 0 radical (unpaired) electrons. The monoisotopic (exact) mass is 495 g/mol. The molecule has 1 aliphatic carbocycles. The summed E-state index contributed by atoms with van der Waals surface area (Å²) in [6.45, 7) is 4.47. The lowest BCUT2D eigenvalue weighted by atomic mass is 9.84. The first-order valence-electron chi connectivity index (χ1n) is 11.9. The zero-order chi connectivity index (χ0) is 23.0. The smallest absolute Gasteiger partial charge is 0.282 e. The van der Waals surface area contributed by atoms with Crippen LogP contribution in [-0.4, -0.2) is 58.9 Å². The van der Waals surface area contributed by atoms with E-state index < -0.39 is 5.92 Å². The molecular formula is C23H31F2N5OS2. The highest BCUT2D eigenvalue weighted by atomic mass is 32.1. The highest BCUT2D eigenvalue weighted by Gasteiger charge is 2.45. The molecule has 3 aliphatic rings. The topological polar surface area (TPSA) is 61.4 Å². The van der Waals surface area contributed by atoms with Crippen molar-refractivity contribution in [2.75, 3.05) is 31.1 Å². The van der Waals surface area contributed by atoms with Gasteiger partial charge in [-0.2, -0.15) is 0 Å². The molecule has 2 aliphatic heterocycles. The van der Waals surface area contributed by atoms with Gasteiger partial charge >= 0.3 is 0 Å². The van der Waals surface area contributed by atoms with Gasteiger partial charge in [0.2, 0.25) is 5.91 Å². The van der Waals surface area contributed by atoms with E-state index in [2.05, 4.69) is 20.2 Å². The minimum Gasteiger partial charge on any atom is -0.353 e. The van der Waals surface area contributed by atoms with Crippen LogP contribution in [-0.2, 0) is 24.2 Å². The van der Waals surface area contributed by atoms with E-state index in [9.17, 15) is 13.6 Å². The lowest BCUT2D eigenvalue weighted by molar-refractivity contribution is -0.121. The van der Waals surface area contributed by atoms with E-state index in [1.165, 1.54) is 11.3 Å². The van der Waals surface area contributed by atoms with Crippen LogP contribution in [0, 0.1) is 12.8 Å². The van der Waals surface area contributed by atoms with Crippen molar-refractivity contribution in [2.45, 2.75) is 70.4 Å². The summed E-state index contributed by atoms with van der Waals surface area (Å²) in [5.74, 6) is -1.74. The molecule has 2 fully saturated rings. The Morgan fingerprint density at radius 3 is 2.73 bits per heavy atom. The fourth-order valence-corrected chi connectivity index (χ4v) is 6.95. The van der Waals surface area contributed by atoms with Crippen molar-refractivity contribution in [2.24, 2.45) is 5.92 Å². The number of amides is 1. The first-order valence-corrected chi connectivity index (χ1v) is 13.5. The predicted molar refractivity (Wildman–Crippen MR) is 127 cm³/mol. The Morgan fingerprint density at radius 1 is 1.24 bits per heavy atom. The number of hydrogen-bond acceptors (Lipinski definition) is 7. The van der Waals surface area contributed by atoms with Crippen molar-refractivity contribution in [1.82, 2.24) is 20.2 Å². The van der Waals surface area contributed by atoms with Crippen molar-refractivity contribution >= 4 is 33.7 Å². The highest BCUT2D eigenvalue weighted by Crippen LogP contribution is 2.37. The molecule has 2 aromatic heterocycles. The van der Waals surface area contributed by atoms with Crippen molar-refractivity contribution in [3.8, 4) is 0 Å². The van der Waals surface area contributed by atoms with Gasteiger partial charge in [-0.15, -0.1) is 22.7 Å². The number of carbonyl (C=O) groups excluding carboxylic acids is 1.